The Kier molecular flexibility index (Phi) is 6.56. The fraction of sp³-hybridized carbons (Fsp3) is 0.167. The maximum Gasteiger partial charge on any atom is 0.455 e. The molecule has 0 fully saturated rings. The Morgan fingerprint density at radius 2 is 1.74 bits per heavy atom. The number of rotatable bonds is 5. The molecule has 15 heteroatoms. The van der Waals surface area contributed by atoms with Gasteiger partial charge in [-0.1, -0.05) is 0 Å². The summed E-state index contributed by atoms with van der Waals surface area (Å²) in [7, 11) is 0. The molecule has 0 aliphatic rings. The molecular formula is C12H5F6N3O5S. The lowest BCUT2D eigenvalue weighted by Crippen LogP contribution is -2.29. The Balaban J connectivity index is 3.55. The number of nitro groups is 1. The van der Waals surface area contributed by atoms with E-state index in [1.54, 1.807) is 0 Å². The number of benzene rings is 1. The van der Waals surface area contributed by atoms with Gasteiger partial charge in [-0.15, -0.1) is 0 Å². The first kappa shape index (κ1) is 21.9. The Morgan fingerprint density at radius 1 is 1.15 bits per heavy atom. The summed E-state index contributed by atoms with van der Waals surface area (Å²) in [6.45, 7) is 0. The van der Waals surface area contributed by atoms with E-state index in [0.29, 0.717) is 6.07 Å². The molecule has 0 amide bonds. The Morgan fingerprint density at radius 3 is 2.19 bits per heavy atom. The number of carbonyl (C=O) groups is 1. The number of Topliss-reactive ketones (excluding diaryl/α,β-unsaturated/α-hetero) is 1. The zero-order valence-corrected chi connectivity index (χ0v) is 13.2. The molecule has 8 nitrogen and oxygen atoms in total. The van der Waals surface area contributed by atoms with Crippen LogP contribution >= 0.6 is 0 Å². The van der Waals surface area contributed by atoms with Crippen LogP contribution < -0.4 is 0 Å². The lowest BCUT2D eigenvalue weighted by molar-refractivity contribution is -0.384. The summed E-state index contributed by atoms with van der Waals surface area (Å²) in [6.07, 6.45) is -11.7. The molecule has 0 radical (unpaired) electrons. The van der Waals surface area contributed by atoms with Crippen LogP contribution in [0.4, 0.5) is 43.4 Å². The Bertz CT molecular complexity index is 886. The van der Waals surface area contributed by atoms with Crippen LogP contribution in [0.1, 0.15) is 0 Å². The van der Waals surface area contributed by atoms with E-state index < -0.39 is 62.9 Å². The normalized spacial score (nSPS) is 13.3. The number of hydrogen-bond donors (Lipinski definition) is 1. The van der Waals surface area contributed by atoms with Crippen molar-refractivity contribution in [2.45, 2.75) is 12.4 Å². The molecule has 0 bridgehead atoms. The molecule has 0 saturated heterocycles. The summed E-state index contributed by atoms with van der Waals surface area (Å²) in [6, 6.07) is 2.22. The lowest BCUT2D eigenvalue weighted by atomic mass is 10.1. The number of aliphatic hydroxyl groups is 1. The molecule has 1 aromatic rings. The van der Waals surface area contributed by atoms with Crippen LogP contribution in [-0.4, -0.2) is 38.6 Å². The number of alkyl halides is 6. The molecule has 0 aliphatic carbocycles. The topological polar surface area (TPSA) is 122 Å². The van der Waals surface area contributed by atoms with Gasteiger partial charge < -0.3 is 5.11 Å². The molecule has 0 aromatic heterocycles. The summed E-state index contributed by atoms with van der Waals surface area (Å²) in [5.41, 5.74) is -3.92. The monoisotopic (exact) mass is 417 g/mol. The largest absolute Gasteiger partial charge is 0.504 e. The van der Waals surface area contributed by atoms with Gasteiger partial charge >= 0.3 is 12.4 Å². The molecular weight excluding hydrogens is 412 g/mol. The minimum atomic E-state index is -5.76. The number of nitro benzene ring substituents is 1. The number of aliphatic imine (C=N–C) groups is 1. The van der Waals surface area contributed by atoms with Gasteiger partial charge in [0.1, 0.15) is 5.69 Å². The van der Waals surface area contributed by atoms with E-state index in [2.05, 4.69) is 9.36 Å². The van der Waals surface area contributed by atoms with E-state index in [0.717, 1.165) is 12.1 Å². The van der Waals surface area contributed by atoms with E-state index in [1.807, 2.05) is 0 Å². The van der Waals surface area contributed by atoms with Gasteiger partial charge in [0.25, 0.3) is 11.5 Å². The van der Waals surface area contributed by atoms with Crippen molar-refractivity contribution >= 4 is 40.5 Å². The average molecular weight is 417 g/mol. The van der Waals surface area contributed by atoms with Crippen LogP contribution in [0.5, 0.6) is 0 Å². The first-order valence-electron chi connectivity index (χ1n) is 6.23. The lowest BCUT2D eigenvalue weighted by Gasteiger charge is -2.11. The van der Waals surface area contributed by atoms with Crippen molar-refractivity contribution < 1.29 is 45.4 Å². The van der Waals surface area contributed by atoms with Crippen LogP contribution in [0.3, 0.4) is 0 Å². The zero-order chi connectivity index (χ0) is 21.0. The first-order chi connectivity index (χ1) is 12.3. The maximum atomic E-state index is 12.5. The van der Waals surface area contributed by atoms with Crippen molar-refractivity contribution in [3.05, 3.63) is 39.6 Å². The van der Waals surface area contributed by atoms with E-state index in [-0.39, 0.29) is 6.21 Å². The van der Waals surface area contributed by atoms with E-state index in [4.69, 9.17) is 5.11 Å². The molecule has 27 heavy (non-hydrogen) atoms. The van der Waals surface area contributed by atoms with Gasteiger partial charge in [0, 0.05) is 18.3 Å². The molecule has 1 N–H and O–H groups in total. The van der Waals surface area contributed by atoms with Gasteiger partial charge in [0.05, 0.1) is 16.2 Å². The number of halogens is 6. The molecule has 0 atom stereocenters. The third-order valence-electron chi connectivity index (χ3n) is 2.66. The second-order valence-electron chi connectivity index (χ2n) is 4.44. The number of carbonyl (C=O) groups excluding carboxylic acids is 1. The number of hydrogen-bond acceptors (Lipinski definition) is 7. The van der Waals surface area contributed by atoms with Gasteiger partial charge in [-0.2, -0.15) is 34.9 Å². The summed E-state index contributed by atoms with van der Waals surface area (Å²) < 4.78 is 88.5. The molecule has 0 aliphatic heterocycles. The second-order valence-corrected chi connectivity index (χ2v) is 4.77. The van der Waals surface area contributed by atoms with Crippen molar-refractivity contribution in [3.63, 3.8) is 0 Å². The molecule has 1 aromatic carbocycles. The molecule has 146 valence electrons. The number of allylic oxidation sites excluding steroid dienone is 2. The summed E-state index contributed by atoms with van der Waals surface area (Å²) in [4.78, 5) is 24.0. The highest BCUT2D eigenvalue weighted by molar-refractivity contribution is 7.54. The molecule has 0 spiro atoms. The van der Waals surface area contributed by atoms with Gasteiger partial charge in [0.2, 0.25) is 17.2 Å². The highest BCUT2D eigenvalue weighted by Crippen LogP contribution is 2.33. The highest BCUT2D eigenvalue weighted by atomic mass is 32.1. The first-order valence-corrected chi connectivity index (χ1v) is 6.93. The minimum absolute atomic E-state index is 0.228. The molecule has 0 unspecified atom stereocenters. The predicted octanol–water partition coefficient (Wildman–Crippen LogP) is 3.83. The summed E-state index contributed by atoms with van der Waals surface area (Å²) in [5, 5.41) is 19.6. The average Bonchev–Trinajstić information content (AvgIpc) is 2.54. The third kappa shape index (κ3) is 5.70. The zero-order valence-electron chi connectivity index (χ0n) is 12.4. The smallest absolute Gasteiger partial charge is 0.455 e. The van der Waals surface area contributed by atoms with Crippen molar-refractivity contribution in [2.75, 3.05) is 0 Å². The third-order valence-corrected chi connectivity index (χ3v) is 2.94. The maximum absolute atomic E-state index is 12.5. The predicted molar refractivity (Wildman–Crippen MR) is 78.3 cm³/mol. The van der Waals surface area contributed by atoms with Crippen molar-refractivity contribution in [2.24, 2.45) is 9.36 Å². The Labute approximate surface area is 148 Å². The van der Waals surface area contributed by atoms with Gasteiger partial charge in [-0.25, -0.2) is 0 Å². The van der Waals surface area contributed by atoms with Crippen molar-refractivity contribution in [3.8, 4) is 0 Å². The number of non-ortho nitro benzene ring substituents is 1. The quantitative estimate of drug-likeness (QED) is 0.195. The van der Waals surface area contributed by atoms with Crippen LogP contribution in [-0.2, 0) is 16.3 Å². The highest BCUT2D eigenvalue weighted by Gasteiger charge is 2.46. The summed E-state index contributed by atoms with van der Waals surface area (Å²) >= 11 is -0.465. The molecule has 0 saturated carbocycles. The van der Waals surface area contributed by atoms with Crippen molar-refractivity contribution in [1.82, 2.24) is 0 Å². The second kappa shape index (κ2) is 8.07. The molecule has 1 rings (SSSR count). The van der Waals surface area contributed by atoms with Crippen LogP contribution in [0, 0.1) is 10.1 Å². The fourth-order valence-electron chi connectivity index (χ4n) is 1.51. The number of aliphatic hydroxyl groups excluding tert-OH is 1. The minimum Gasteiger partial charge on any atom is -0.504 e. The van der Waals surface area contributed by atoms with Crippen LogP contribution in [0.2, 0.25) is 0 Å². The van der Waals surface area contributed by atoms with E-state index >= 15 is 0 Å². The van der Waals surface area contributed by atoms with Crippen LogP contribution in [0.15, 0.2) is 38.9 Å². The standard InChI is InChI=1S/C12H5F6N3O5S/c13-11(14,15)9(22)6(10(23)12(16,17)18)4-19-7-2-1-5(21(24)25)3-8(7)20-27-26/h1-4,22H/b9-6-,19-4?. The van der Waals surface area contributed by atoms with Crippen LogP contribution in [0.25, 0.3) is 0 Å². The van der Waals surface area contributed by atoms with Crippen molar-refractivity contribution in [1.29, 1.82) is 0 Å². The van der Waals surface area contributed by atoms with Gasteiger partial charge in [0.15, 0.2) is 0 Å². The SMILES string of the molecule is O=S=Nc1cc([N+](=O)[O-])ccc1N=C/C(C(=O)C(F)(F)F)=C(/O)C(F)(F)F. The van der Waals surface area contributed by atoms with E-state index in [1.165, 1.54) is 0 Å². The van der Waals surface area contributed by atoms with E-state index in [9.17, 15) is 45.5 Å². The Hall–Kier alpha value is -3.10. The fourth-order valence-corrected chi connectivity index (χ4v) is 1.74. The number of ketones is 1. The van der Waals surface area contributed by atoms with Gasteiger partial charge in [-0.3, -0.25) is 19.9 Å². The molecule has 0 heterocycles. The summed E-state index contributed by atoms with van der Waals surface area (Å²) in [5.74, 6) is -5.87. The number of nitrogens with zero attached hydrogens (tertiary/aromatic N) is 3. The van der Waals surface area contributed by atoms with Gasteiger partial charge in [-0.05, 0) is 6.07 Å².